The van der Waals surface area contributed by atoms with Crippen LogP contribution in [0.1, 0.15) is 17.5 Å². The molecule has 0 aromatic heterocycles. The standard InChI is InChI=1S/C19H20N2O4/c1-24-15-4-2-3-13(9-15)11-20-19(23)12-25-16-6-7-17-14(10-16)5-8-18(22)21-17/h2-4,6-7,9-10H,5,8,11-12H2,1H3,(H,20,23)(H,21,22). The minimum atomic E-state index is -0.200. The summed E-state index contributed by atoms with van der Waals surface area (Å²) < 4.78 is 10.7. The SMILES string of the molecule is COc1cccc(CNC(=O)COc2ccc3c(c2)CCC(=O)N3)c1. The van der Waals surface area contributed by atoms with Crippen molar-refractivity contribution in [3.63, 3.8) is 0 Å². The highest BCUT2D eigenvalue weighted by molar-refractivity contribution is 5.94. The summed E-state index contributed by atoms with van der Waals surface area (Å²) in [5.74, 6) is 1.20. The number of rotatable bonds is 6. The summed E-state index contributed by atoms with van der Waals surface area (Å²) in [6.45, 7) is 0.352. The number of methoxy groups -OCH3 is 1. The van der Waals surface area contributed by atoms with Crippen LogP contribution in [0.25, 0.3) is 0 Å². The molecular weight excluding hydrogens is 320 g/mol. The predicted octanol–water partition coefficient (Wildman–Crippen LogP) is 2.28. The molecule has 6 nitrogen and oxygen atoms in total. The van der Waals surface area contributed by atoms with E-state index < -0.39 is 0 Å². The zero-order valence-electron chi connectivity index (χ0n) is 14.0. The van der Waals surface area contributed by atoms with E-state index in [1.807, 2.05) is 30.3 Å². The van der Waals surface area contributed by atoms with E-state index in [0.29, 0.717) is 25.1 Å². The minimum absolute atomic E-state index is 0.0260. The Bertz CT molecular complexity index is 789. The lowest BCUT2D eigenvalue weighted by Gasteiger charge is -2.17. The van der Waals surface area contributed by atoms with Crippen molar-refractivity contribution in [2.75, 3.05) is 19.0 Å². The molecule has 0 saturated heterocycles. The first-order chi connectivity index (χ1) is 12.1. The zero-order valence-corrected chi connectivity index (χ0v) is 14.0. The van der Waals surface area contributed by atoms with E-state index in [1.165, 1.54) is 0 Å². The van der Waals surface area contributed by atoms with Gasteiger partial charge >= 0.3 is 0 Å². The molecule has 0 spiro atoms. The molecule has 1 aliphatic heterocycles. The maximum atomic E-state index is 12.0. The molecule has 3 rings (SSSR count). The molecule has 1 aliphatic rings. The lowest BCUT2D eigenvalue weighted by molar-refractivity contribution is -0.123. The van der Waals surface area contributed by atoms with E-state index in [-0.39, 0.29) is 18.4 Å². The Labute approximate surface area is 146 Å². The molecule has 25 heavy (non-hydrogen) atoms. The molecular formula is C19H20N2O4. The van der Waals surface area contributed by atoms with Crippen molar-refractivity contribution in [2.24, 2.45) is 0 Å². The van der Waals surface area contributed by atoms with Gasteiger partial charge in [0, 0.05) is 18.7 Å². The van der Waals surface area contributed by atoms with Crippen molar-refractivity contribution in [2.45, 2.75) is 19.4 Å². The molecule has 0 fully saturated rings. The quantitative estimate of drug-likeness (QED) is 0.846. The molecule has 130 valence electrons. The summed E-state index contributed by atoms with van der Waals surface area (Å²) in [6.07, 6.45) is 1.15. The summed E-state index contributed by atoms with van der Waals surface area (Å²) in [6, 6.07) is 12.9. The molecule has 0 radical (unpaired) electrons. The van der Waals surface area contributed by atoms with Gasteiger partial charge in [-0.2, -0.15) is 0 Å². The smallest absolute Gasteiger partial charge is 0.258 e. The molecule has 0 saturated carbocycles. The first-order valence-electron chi connectivity index (χ1n) is 8.09. The first kappa shape index (κ1) is 16.8. The van der Waals surface area contributed by atoms with Gasteiger partial charge in [0.15, 0.2) is 6.61 Å². The number of carbonyl (C=O) groups is 2. The Hall–Kier alpha value is -3.02. The molecule has 2 aromatic carbocycles. The van der Waals surface area contributed by atoms with Crippen LogP contribution in [0, 0.1) is 0 Å². The second-order valence-electron chi connectivity index (χ2n) is 5.78. The van der Waals surface area contributed by atoms with E-state index in [2.05, 4.69) is 10.6 Å². The van der Waals surface area contributed by atoms with Crippen molar-refractivity contribution >= 4 is 17.5 Å². The third kappa shape index (κ3) is 4.50. The van der Waals surface area contributed by atoms with E-state index in [9.17, 15) is 9.59 Å². The minimum Gasteiger partial charge on any atom is -0.497 e. The third-order valence-electron chi connectivity index (χ3n) is 3.97. The Morgan fingerprint density at radius 3 is 2.88 bits per heavy atom. The summed E-state index contributed by atoms with van der Waals surface area (Å²) >= 11 is 0. The topological polar surface area (TPSA) is 76.7 Å². The summed E-state index contributed by atoms with van der Waals surface area (Å²) in [5.41, 5.74) is 2.79. The second-order valence-corrected chi connectivity index (χ2v) is 5.78. The number of amides is 2. The summed E-state index contributed by atoms with van der Waals surface area (Å²) in [5, 5.41) is 5.63. The fourth-order valence-corrected chi connectivity index (χ4v) is 2.63. The highest BCUT2D eigenvalue weighted by Crippen LogP contribution is 2.26. The highest BCUT2D eigenvalue weighted by Gasteiger charge is 2.15. The average molecular weight is 340 g/mol. The summed E-state index contributed by atoms with van der Waals surface area (Å²) in [7, 11) is 1.61. The van der Waals surface area contributed by atoms with Crippen LogP contribution >= 0.6 is 0 Å². The van der Waals surface area contributed by atoms with Gasteiger partial charge in [-0.3, -0.25) is 9.59 Å². The van der Waals surface area contributed by atoms with Crippen LogP contribution in [-0.2, 0) is 22.6 Å². The fourth-order valence-electron chi connectivity index (χ4n) is 2.63. The van der Waals surface area contributed by atoms with Crippen LogP contribution < -0.4 is 20.1 Å². The Kier molecular flexibility index (Phi) is 5.18. The number of carbonyl (C=O) groups excluding carboxylic acids is 2. The molecule has 1 heterocycles. The van der Waals surface area contributed by atoms with E-state index in [1.54, 1.807) is 19.2 Å². The van der Waals surface area contributed by atoms with Gasteiger partial charge in [-0.25, -0.2) is 0 Å². The van der Waals surface area contributed by atoms with Crippen molar-refractivity contribution in [3.05, 3.63) is 53.6 Å². The molecule has 0 aliphatic carbocycles. The first-order valence-corrected chi connectivity index (χ1v) is 8.09. The molecule has 0 atom stereocenters. The van der Waals surface area contributed by atoms with Crippen molar-refractivity contribution in [1.82, 2.24) is 5.32 Å². The lowest BCUT2D eigenvalue weighted by atomic mass is 10.0. The predicted molar refractivity (Wildman–Crippen MR) is 93.7 cm³/mol. The molecule has 6 heteroatoms. The summed E-state index contributed by atoms with van der Waals surface area (Å²) in [4.78, 5) is 23.3. The maximum Gasteiger partial charge on any atom is 0.258 e. The number of anilines is 1. The molecule has 2 amide bonds. The maximum absolute atomic E-state index is 12.0. The van der Waals surface area contributed by atoms with Gasteiger partial charge in [-0.15, -0.1) is 0 Å². The van der Waals surface area contributed by atoms with Gasteiger partial charge in [0.25, 0.3) is 5.91 Å². The van der Waals surface area contributed by atoms with Crippen LogP contribution in [0.15, 0.2) is 42.5 Å². The largest absolute Gasteiger partial charge is 0.497 e. The van der Waals surface area contributed by atoms with Crippen LogP contribution in [0.2, 0.25) is 0 Å². The fraction of sp³-hybridized carbons (Fsp3) is 0.263. The highest BCUT2D eigenvalue weighted by atomic mass is 16.5. The van der Waals surface area contributed by atoms with Gasteiger partial charge in [-0.1, -0.05) is 12.1 Å². The number of fused-ring (bicyclic) bond motifs is 1. The average Bonchev–Trinajstić information content (AvgIpc) is 2.64. The van der Waals surface area contributed by atoms with Crippen molar-refractivity contribution < 1.29 is 19.1 Å². The lowest BCUT2D eigenvalue weighted by Crippen LogP contribution is -2.28. The molecule has 2 N–H and O–H groups in total. The Balaban J connectivity index is 1.50. The van der Waals surface area contributed by atoms with Gasteiger partial charge in [0.1, 0.15) is 11.5 Å². The Morgan fingerprint density at radius 2 is 2.04 bits per heavy atom. The second kappa shape index (κ2) is 7.70. The molecule has 0 bridgehead atoms. The van der Waals surface area contributed by atoms with Gasteiger partial charge in [-0.05, 0) is 47.9 Å². The van der Waals surface area contributed by atoms with Crippen molar-refractivity contribution in [3.8, 4) is 11.5 Å². The number of nitrogens with one attached hydrogen (secondary N) is 2. The number of aryl methyl sites for hydroxylation is 1. The van der Waals surface area contributed by atoms with Crippen molar-refractivity contribution in [1.29, 1.82) is 0 Å². The van der Waals surface area contributed by atoms with Crippen LogP contribution in [-0.4, -0.2) is 25.5 Å². The van der Waals surface area contributed by atoms with Gasteiger partial charge < -0.3 is 20.1 Å². The van der Waals surface area contributed by atoms with Crippen LogP contribution in [0.4, 0.5) is 5.69 Å². The number of hydrogen-bond donors (Lipinski definition) is 2. The zero-order chi connectivity index (χ0) is 17.6. The number of hydrogen-bond acceptors (Lipinski definition) is 4. The van der Waals surface area contributed by atoms with Gasteiger partial charge in [0.2, 0.25) is 5.91 Å². The number of benzene rings is 2. The molecule has 2 aromatic rings. The van der Waals surface area contributed by atoms with E-state index in [0.717, 1.165) is 22.6 Å². The third-order valence-corrected chi connectivity index (χ3v) is 3.97. The van der Waals surface area contributed by atoms with E-state index in [4.69, 9.17) is 9.47 Å². The molecule has 0 unspecified atom stereocenters. The monoisotopic (exact) mass is 340 g/mol. The van der Waals surface area contributed by atoms with E-state index >= 15 is 0 Å². The normalized spacial score (nSPS) is 12.8. The van der Waals surface area contributed by atoms with Gasteiger partial charge in [0.05, 0.1) is 7.11 Å². The Morgan fingerprint density at radius 1 is 1.16 bits per heavy atom. The van der Waals surface area contributed by atoms with Crippen LogP contribution in [0.3, 0.4) is 0 Å². The number of ether oxygens (including phenoxy) is 2. The van der Waals surface area contributed by atoms with Crippen LogP contribution in [0.5, 0.6) is 11.5 Å².